The van der Waals surface area contributed by atoms with Gasteiger partial charge in [0.05, 0.1) is 24.5 Å². The van der Waals surface area contributed by atoms with E-state index in [1.54, 1.807) is 0 Å². The molecule has 1 aliphatic carbocycles. The molecule has 0 bridgehead atoms. The average Bonchev–Trinajstić information content (AvgIpc) is 2.60. The Hall–Kier alpha value is -1.10. The lowest BCUT2D eigenvalue weighted by Gasteiger charge is -2.57. The van der Waals surface area contributed by atoms with E-state index in [2.05, 4.69) is 39.6 Å². The zero-order valence-electron chi connectivity index (χ0n) is 18.2. The van der Waals surface area contributed by atoms with Gasteiger partial charge >= 0.3 is 11.9 Å². The average molecular weight is 382 g/mol. The maximum atomic E-state index is 13.0. The van der Waals surface area contributed by atoms with Gasteiger partial charge in [-0.2, -0.15) is 0 Å². The van der Waals surface area contributed by atoms with Gasteiger partial charge in [-0.15, -0.1) is 0 Å². The third-order valence-corrected chi connectivity index (χ3v) is 6.83. The predicted octanol–water partition coefficient (Wildman–Crippen LogP) is 4.33. The van der Waals surface area contributed by atoms with Gasteiger partial charge in [-0.05, 0) is 73.8 Å². The molecule has 0 unspecified atom stereocenters. The lowest BCUT2D eigenvalue weighted by atomic mass is 9.63. The van der Waals surface area contributed by atoms with Crippen LogP contribution in [0.1, 0.15) is 86.0 Å². The SMILES string of the molecule is CCOC(=O)C1(CCOC(=O)C2CCCCC2)CC(C)(C)N(C)C(C)(C)C1. The lowest BCUT2D eigenvalue weighted by Crippen LogP contribution is -2.63. The van der Waals surface area contributed by atoms with E-state index < -0.39 is 5.41 Å². The normalized spacial score (nSPS) is 25.0. The Kier molecular flexibility index (Phi) is 6.99. The number of esters is 2. The van der Waals surface area contributed by atoms with E-state index in [9.17, 15) is 9.59 Å². The molecule has 0 N–H and O–H groups in total. The Morgan fingerprint density at radius 2 is 1.52 bits per heavy atom. The van der Waals surface area contributed by atoms with Gasteiger partial charge in [0.2, 0.25) is 0 Å². The summed E-state index contributed by atoms with van der Waals surface area (Å²) in [4.78, 5) is 27.8. The van der Waals surface area contributed by atoms with Crippen LogP contribution in [0, 0.1) is 11.3 Å². The van der Waals surface area contributed by atoms with Crippen LogP contribution in [0.2, 0.25) is 0 Å². The minimum absolute atomic E-state index is 0.0441. The maximum absolute atomic E-state index is 13.0. The second kappa shape index (κ2) is 8.50. The van der Waals surface area contributed by atoms with E-state index in [0.29, 0.717) is 32.5 Å². The van der Waals surface area contributed by atoms with Crippen LogP contribution >= 0.6 is 0 Å². The summed E-state index contributed by atoms with van der Waals surface area (Å²) in [6.07, 6.45) is 7.26. The van der Waals surface area contributed by atoms with E-state index in [0.717, 1.165) is 25.7 Å². The van der Waals surface area contributed by atoms with Crippen molar-refractivity contribution in [1.82, 2.24) is 4.90 Å². The van der Waals surface area contributed by atoms with E-state index in [1.807, 2.05) is 6.92 Å². The van der Waals surface area contributed by atoms with Crippen molar-refractivity contribution in [2.45, 2.75) is 97.1 Å². The van der Waals surface area contributed by atoms with Crippen molar-refractivity contribution in [2.24, 2.45) is 11.3 Å². The maximum Gasteiger partial charge on any atom is 0.312 e. The van der Waals surface area contributed by atoms with Gasteiger partial charge in [0.25, 0.3) is 0 Å². The monoisotopic (exact) mass is 381 g/mol. The molecule has 0 aromatic heterocycles. The fraction of sp³-hybridized carbons (Fsp3) is 0.909. The number of likely N-dealkylation sites (tertiary alicyclic amines) is 1. The molecule has 1 saturated heterocycles. The zero-order valence-corrected chi connectivity index (χ0v) is 18.2. The third kappa shape index (κ3) is 5.04. The quantitative estimate of drug-likeness (QED) is 0.641. The first-order valence-corrected chi connectivity index (χ1v) is 10.6. The number of piperidine rings is 1. The standard InChI is InChI=1S/C22H39NO4/c1-7-26-19(25)22(15-20(2,3)23(6)21(4,5)16-22)13-14-27-18(24)17-11-9-8-10-12-17/h17H,7-16H2,1-6H3. The van der Waals surface area contributed by atoms with Crippen molar-refractivity contribution in [3.63, 3.8) is 0 Å². The molecular weight excluding hydrogens is 342 g/mol. The van der Waals surface area contributed by atoms with Crippen molar-refractivity contribution < 1.29 is 19.1 Å². The number of carbonyl (C=O) groups excluding carboxylic acids is 2. The van der Waals surface area contributed by atoms with Crippen LogP contribution in [0.4, 0.5) is 0 Å². The molecular formula is C22H39NO4. The summed E-state index contributed by atoms with van der Waals surface area (Å²) in [5.74, 6) is -0.184. The molecule has 1 heterocycles. The van der Waals surface area contributed by atoms with Crippen LogP contribution in [0.25, 0.3) is 0 Å². The van der Waals surface area contributed by atoms with Crippen molar-refractivity contribution in [3.8, 4) is 0 Å². The highest BCUT2D eigenvalue weighted by molar-refractivity contribution is 5.77. The summed E-state index contributed by atoms with van der Waals surface area (Å²) in [5, 5.41) is 0. The molecule has 0 atom stereocenters. The van der Waals surface area contributed by atoms with E-state index in [-0.39, 0.29) is 28.9 Å². The molecule has 156 valence electrons. The molecule has 0 aromatic carbocycles. The Balaban J connectivity index is 2.10. The first-order chi connectivity index (χ1) is 12.5. The molecule has 1 saturated carbocycles. The molecule has 1 aliphatic heterocycles. The fourth-order valence-electron chi connectivity index (χ4n) is 5.29. The molecule has 0 aromatic rings. The van der Waals surface area contributed by atoms with Gasteiger partial charge in [-0.3, -0.25) is 14.5 Å². The number of carbonyl (C=O) groups is 2. The number of hydrogen-bond acceptors (Lipinski definition) is 5. The summed E-state index contributed by atoms with van der Waals surface area (Å²) in [6.45, 7) is 11.2. The molecule has 0 amide bonds. The highest BCUT2D eigenvalue weighted by Crippen LogP contribution is 2.50. The highest BCUT2D eigenvalue weighted by Gasteiger charge is 2.55. The molecule has 5 heteroatoms. The molecule has 5 nitrogen and oxygen atoms in total. The van der Waals surface area contributed by atoms with E-state index >= 15 is 0 Å². The van der Waals surface area contributed by atoms with Crippen molar-refractivity contribution in [1.29, 1.82) is 0 Å². The molecule has 2 aliphatic rings. The van der Waals surface area contributed by atoms with Gasteiger partial charge in [-0.25, -0.2) is 0 Å². The summed E-state index contributed by atoms with van der Waals surface area (Å²) >= 11 is 0. The summed E-state index contributed by atoms with van der Waals surface area (Å²) in [5.41, 5.74) is -0.883. The summed E-state index contributed by atoms with van der Waals surface area (Å²) in [7, 11) is 2.12. The smallest absolute Gasteiger partial charge is 0.312 e. The zero-order chi connectivity index (χ0) is 20.3. The summed E-state index contributed by atoms with van der Waals surface area (Å²) in [6, 6.07) is 0. The first-order valence-electron chi connectivity index (χ1n) is 10.6. The number of hydrogen-bond donors (Lipinski definition) is 0. The van der Waals surface area contributed by atoms with Gasteiger partial charge in [0, 0.05) is 11.1 Å². The van der Waals surface area contributed by atoms with Gasteiger partial charge in [-0.1, -0.05) is 19.3 Å². The minimum Gasteiger partial charge on any atom is -0.466 e. The minimum atomic E-state index is -0.609. The molecule has 2 fully saturated rings. The van der Waals surface area contributed by atoms with Crippen molar-refractivity contribution >= 4 is 11.9 Å². The summed E-state index contributed by atoms with van der Waals surface area (Å²) < 4.78 is 11.1. The predicted molar refractivity (Wildman–Crippen MR) is 106 cm³/mol. The highest BCUT2D eigenvalue weighted by atomic mass is 16.5. The Morgan fingerprint density at radius 1 is 0.963 bits per heavy atom. The number of rotatable bonds is 6. The Morgan fingerprint density at radius 3 is 2.04 bits per heavy atom. The largest absolute Gasteiger partial charge is 0.466 e. The topological polar surface area (TPSA) is 55.8 Å². The van der Waals surface area contributed by atoms with Crippen molar-refractivity contribution in [3.05, 3.63) is 0 Å². The number of nitrogens with zero attached hydrogens (tertiary/aromatic N) is 1. The molecule has 0 radical (unpaired) electrons. The van der Waals surface area contributed by atoms with Crippen LogP contribution in [-0.2, 0) is 19.1 Å². The Bertz CT molecular complexity index is 516. The second-order valence-electron chi connectivity index (χ2n) is 9.79. The van der Waals surface area contributed by atoms with Gasteiger partial charge in [0.1, 0.15) is 0 Å². The second-order valence-corrected chi connectivity index (χ2v) is 9.79. The Labute approximate surface area is 165 Å². The van der Waals surface area contributed by atoms with E-state index in [4.69, 9.17) is 9.47 Å². The third-order valence-electron chi connectivity index (χ3n) is 6.83. The molecule has 0 spiro atoms. The van der Waals surface area contributed by atoms with Crippen molar-refractivity contribution in [2.75, 3.05) is 20.3 Å². The van der Waals surface area contributed by atoms with E-state index in [1.165, 1.54) is 6.42 Å². The van der Waals surface area contributed by atoms with Crippen LogP contribution < -0.4 is 0 Å². The van der Waals surface area contributed by atoms with Crippen LogP contribution in [0.3, 0.4) is 0 Å². The van der Waals surface area contributed by atoms with Gasteiger partial charge < -0.3 is 9.47 Å². The van der Waals surface area contributed by atoms with Gasteiger partial charge in [0.15, 0.2) is 0 Å². The molecule has 27 heavy (non-hydrogen) atoms. The van der Waals surface area contributed by atoms with Crippen LogP contribution in [-0.4, -0.2) is 48.2 Å². The lowest BCUT2D eigenvalue weighted by molar-refractivity contribution is -0.173. The fourth-order valence-corrected chi connectivity index (χ4v) is 5.29. The van der Waals surface area contributed by atoms with Crippen LogP contribution in [0.5, 0.6) is 0 Å². The molecule has 2 rings (SSSR count). The number of ether oxygens (including phenoxy) is 2. The van der Waals surface area contributed by atoms with Crippen LogP contribution in [0.15, 0.2) is 0 Å². The first kappa shape index (κ1) is 22.2.